The van der Waals surface area contributed by atoms with Gasteiger partial charge in [0.15, 0.2) is 0 Å². The zero-order valence-corrected chi connectivity index (χ0v) is 8.89. The lowest BCUT2D eigenvalue weighted by atomic mass is 10.1. The van der Waals surface area contributed by atoms with E-state index in [2.05, 4.69) is 48.4 Å². The summed E-state index contributed by atoms with van der Waals surface area (Å²) in [4.78, 5) is 3.45. The van der Waals surface area contributed by atoms with Gasteiger partial charge in [-0.1, -0.05) is 18.2 Å². The van der Waals surface area contributed by atoms with Crippen molar-refractivity contribution in [1.29, 1.82) is 0 Å². The van der Waals surface area contributed by atoms with Crippen LogP contribution in [0.2, 0.25) is 0 Å². The molecule has 0 radical (unpaired) electrons. The van der Waals surface area contributed by atoms with Gasteiger partial charge in [-0.05, 0) is 37.9 Å². The third-order valence-electron chi connectivity index (χ3n) is 2.78. The molecule has 2 nitrogen and oxygen atoms in total. The minimum Gasteiger partial charge on any atom is -0.357 e. The molecule has 1 aromatic carbocycles. The second-order valence-corrected chi connectivity index (χ2v) is 3.77. The van der Waals surface area contributed by atoms with Gasteiger partial charge < -0.3 is 10.3 Å². The van der Waals surface area contributed by atoms with E-state index >= 15 is 0 Å². The maximum Gasteiger partial charge on any atom is 0.0486 e. The van der Waals surface area contributed by atoms with Crippen LogP contribution in [0.1, 0.15) is 24.2 Å². The van der Waals surface area contributed by atoms with Gasteiger partial charge in [-0.2, -0.15) is 0 Å². The summed E-state index contributed by atoms with van der Waals surface area (Å²) in [6, 6.07) is 8.96. The molecule has 0 bridgehead atoms. The zero-order chi connectivity index (χ0) is 10.1. The molecule has 1 unspecified atom stereocenters. The minimum atomic E-state index is 0.377. The fourth-order valence-corrected chi connectivity index (χ4v) is 1.72. The van der Waals surface area contributed by atoms with Crippen LogP contribution in [-0.4, -0.2) is 12.0 Å². The highest BCUT2D eigenvalue weighted by Crippen LogP contribution is 2.21. The molecule has 0 aliphatic carbocycles. The maximum atomic E-state index is 3.45. The van der Waals surface area contributed by atoms with Gasteiger partial charge in [0.2, 0.25) is 0 Å². The molecule has 0 saturated carbocycles. The molecule has 0 aliphatic heterocycles. The molecular formula is C12H16N2. The van der Waals surface area contributed by atoms with Crippen molar-refractivity contribution in [2.75, 3.05) is 7.05 Å². The third kappa shape index (κ3) is 1.42. The molecule has 2 aromatic rings. The summed E-state index contributed by atoms with van der Waals surface area (Å²) in [5, 5.41) is 4.52. The Balaban J connectivity index is 2.56. The molecule has 74 valence electrons. The van der Waals surface area contributed by atoms with E-state index in [4.69, 9.17) is 0 Å². The van der Waals surface area contributed by atoms with E-state index < -0.39 is 0 Å². The second kappa shape index (κ2) is 3.46. The topological polar surface area (TPSA) is 27.8 Å². The number of aromatic nitrogens is 1. The first-order chi connectivity index (χ1) is 6.72. The number of hydrogen-bond acceptors (Lipinski definition) is 1. The largest absolute Gasteiger partial charge is 0.357 e. The molecule has 2 heteroatoms. The lowest BCUT2D eigenvalue weighted by Gasteiger charge is -2.06. The average molecular weight is 188 g/mol. The Morgan fingerprint density at radius 3 is 2.79 bits per heavy atom. The van der Waals surface area contributed by atoms with Crippen molar-refractivity contribution in [3.05, 3.63) is 35.5 Å². The molecule has 2 rings (SSSR count). The zero-order valence-electron chi connectivity index (χ0n) is 8.89. The van der Waals surface area contributed by atoms with Crippen LogP contribution < -0.4 is 5.32 Å². The van der Waals surface area contributed by atoms with Crippen molar-refractivity contribution in [2.45, 2.75) is 19.9 Å². The third-order valence-corrected chi connectivity index (χ3v) is 2.78. The van der Waals surface area contributed by atoms with Gasteiger partial charge in [0.05, 0.1) is 0 Å². The molecule has 1 atom stereocenters. The van der Waals surface area contributed by atoms with Crippen LogP contribution in [0, 0.1) is 6.92 Å². The summed E-state index contributed by atoms with van der Waals surface area (Å²) >= 11 is 0. The summed E-state index contributed by atoms with van der Waals surface area (Å²) in [7, 11) is 1.98. The number of nitrogens with one attached hydrogen (secondary N) is 2. The van der Waals surface area contributed by atoms with Gasteiger partial charge >= 0.3 is 0 Å². The number of benzene rings is 1. The highest BCUT2D eigenvalue weighted by molar-refractivity contribution is 5.83. The quantitative estimate of drug-likeness (QED) is 0.745. The maximum absolute atomic E-state index is 3.45. The van der Waals surface area contributed by atoms with E-state index in [1.807, 2.05) is 7.05 Å². The van der Waals surface area contributed by atoms with Gasteiger partial charge in [-0.25, -0.2) is 0 Å². The first kappa shape index (κ1) is 9.28. The smallest absolute Gasteiger partial charge is 0.0486 e. The fraction of sp³-hybridized carbons (Fsp3) is 0.333. The Morgan fingerprint density at radius 2 is 2.14 bits per heavy atom. The predicted molar refractivity (Wildman–Crippen MR) is 60.5 cm³/mol. The molecule has 2 N–H and O–H groups in total. The monoisotopic (exact) mass is 188 g/mol. The molecule has 1 heterocycles. The molecule has 0 fully saturated rings. The van der Waals surface area contributed by atoms with Crippen molar-refractivity contribution in [2.24, 2.45) is 0 Å². The van der Waals surface area contributed by atoms with Crippen LogP contribution in [0.4, 0.5) is 0 Å². The highest BCUT2D eigenvalue weighted by Gasteiger charge is 2.07. The van der Waals surface area contributed by atoms with Gasteiger partial charge in [0.25, 0.3) is 0 Å². The number of para-hydroxylation sites is 1. The van der Waals surface area contributed by atoms with E-state index in [1.165, 1.54) is 22.2 Å². The van der Waals surface area contributed by atoms with Gasteiger partial charge in [0.1, 0.15) is 0 Å². The van der Waals surface area contributed by atoms with E-state index in [0.717, 1.165) is 0 Å². The van der Waals surface area contributed by atoms with Crippen LogP contribution in [0.3, 0.4) is 0 Å². The summed E-state index contributed by atoms with van der Waals surface area (Å²) in [5.41, 5.74) is 3.80. The summed E-state index contributed by atoms with van der Waals surface area (Å²) in [6.45, 7) is 4.28. The first-order valence-corrected chi connectivity index (χ1v) is 4.98. The highest BCUT2D eigenvalue weighted by atomic mass is 14.9. The standard InChI is InChI=1S/C12H16N2/c1-8-5-4-6-10-7-11(9(2)13-3)14-12(8)10/h4-7,9,13-14H,1-3H3. The minimum absolute atomic E-state index is 0.377. The lowest BCUT2D eigenvalue weighted by molar-refractivity contribution is 0.638. The Morgan fingerprint density at radius 1 is 1.36 bits per heavy atom. The molecular weight excluding hydrogens is 172 g/mol. The molecule has 0 aliphatic rings. The molecule has 0 saturated heterocycles. The first-order valence-electron chi connectivity index (χ1n) is 4.98. The number of rotatable bonds is 2. The predicted octanol–water partition coefficient (Wildman–Crippen LogP) is 2.76. The van der Waals surface area contributed by atoms with Crippen molar-refractivity contribution in [3.8, 4) is 0 Å². The van der Waals surface area contributed by atoms with Crippen molar-refractivity contribution < 1.29 is 0 Å². The fourth-order valence-electron chi connectivity index (χ4n) is 1.72. The van der Waals surface area contributed by atoms with Crippen molar-refractivity contribution in [1.82, 2.24) is 10.3 Å². The van der Waals surface area contributed by atoms with Crippen molar-refractivity contribution in [3.63, 3.8) is 0 Å². The summed E-state index contributed by atoms with van der Waals surface area (Å²) < 4.78 is 0. The van der Waals surface area contributed by atoms with E-state index in [1.54, 1.807) is 0 Å². The van der Waals surface area contributed by atoms with E-state index in [-0.39, 0.29) is 0 Å². The Hall–Kier alpha value is -1.28. The van der Waals surface area contributed by atoms with Crippen molar-refractivity contribution >= 4 is 10.9 Å². The van der Waals surface area contributed by atoms with Crippen LogP contribution in [0.25, 0.3) is 10.9 Å². The number of hydrogen-bond donors (Lipinski definition) is 2. The second-order valence-electron chi connectivity index (χ2n) is 3.77. The van der Waals surface area contributed by atoms with E-state index in [0.29, 0.717) is 6.04 Å². The summed E-state index contributed by atoms with van der Waals surface area (Å²) in [5.74, 6) is 0. The molecule has 0 amide bonds. The van der Waals surface area contributed by atoms with E-state index in [9.17, 15) is 0 Å². The number of aryl methyl sites for hydroxylation is 1. The Kier molecular flexibility index (Phi) is 2.30. The van der Waals surface area contributed by atoms with Crippen LogP contribution in [0.5, 0.6) is 0 Å². The van der Waals surface area contributed by atoms with Gasteiger partial charge in [0, 0.05) is 17.3 Å². The Labute approximate surface area is 84.3 Å². The SMILES string of the molecule is CNC(C)c1cc2cccc(C)c2[nH]1. The Bertz CT molecular complexity index is 443. The number of aromatic amines is 1. The number of fused-ring (bicyclic) bond motifs is 1. The lowest BCUT2D eigenvalue weighted by Crippen LogP contribution is -2.12. The van der Waals surface area contributed by atoms with Gasteiger partial charge in [-0.3, -0.25) is 0 Å². The summed E-state index contributed by atoms with van der Waals surface area (Å²) in [6.07, 6.45) is 0. The van der Waals surface area contributed by atoms with Gasteiger partial charge in [-0.15, -0.1) is 0 Å². The van der Waals surface area contributed by atoms with Crippen LogP contribution >= 0.6 is 0 Å². The number of H-pyrrole nitrogens is 1. The molecule has 1 aromatic heterocycles. The van der Waals surface area contributed by atoms with Crippen LogP contribution in [-0.2, 0) is 0 Å². The normalized spacial score (nSPS) is 13.4. The van der Waals surface area contributed by atoms with Crippen LogP contribution in [0.15, 0.2) is 24.3 Å². The molecule has 14 heavy (non-hydrogen) atoms. The average Bonchev–Trinajstić information content (AvgIpc) is 2.62. The molecule has 0 spiro atoms.